The third-order valence-corrected chi connectivity index (χ3v) is 7.24. The molecule has 1 atom stereocenters. The van der Waals surface area contributed by atoms with E-state index < -0.39 is 17.8 Å². The summed E-state index contributed by atoms with van der Waals surface area (Å²) in [6, 6.07) is 17.7. The van der Waals surface area contributed by atoms with Gasteiger partial charge in [-0.2, -0.15) is 0 Å². The van der Waals surface area contributed by atoms with Gasteiger partial charge in [0.05, 0.1) is 31.9 Å². The van der Waals surface area contributed by atoms with Gasteiger partial charge in [0, 0.05) is 48.7 Å². The minimum absolute atomic E-state index is 0.163. The summed E-state index contributed by atoms with van der Waals surface area (Å²) in [7, 11) is 1.57. The van der Waals surface area contributed by atoms with Gasteiger partial charge in [-0.25, -0.2) is 9.38 Å². The molecule has 0 saturated carbocycles. The van der Waals surface area contributed by atoms with E-state index >= 15 is 4.39 Å². The summed E-state index contributed by atoms with van der Waals surface area (Å²) in [4.78, 5) is 34.7. The zero-order chi connectivity index (χ0) is 28.2. The van der Waals surface area contributed by atoms with E-state index in [1.54, 1.807) is 19.2 Å². The number of nitroso groups, excluding NO2 is 1. The number of halogens is 1. The minimum Gasteiger partial charge on any atom is -0.495 e. The Balaban J connectivity index is 1.55. The number of hydrogen-bond donors (Lipinski definition) is 0. The summed E-state index contributed by atoms with van der Waals surface area (Å²) >= 11 is 0. The number of carbonyl (C=O) groups excluding carboxylic acids is 1. The summed E-state index contributed by atoms with van der Waals surface area (Å²) in [6.45, 7) is 7.08. The molecule has 0 N–H and O–H groups in total. The van der Waals surface area contributed by atoms with Crippen LogP contribution in [0, 0.1) is 17.6 Å². The van der Waals surface area contributed by atoms with Gasteiger partial charge in [-0.1, -0.05) is 24.3 Å². The molecule has 9 nitrogen and oxygen atoms in total. The van der Waals surface area contributed by atoms with E-state index in [4.69, 9.17) is 14.5 Å². The van der Waals surface area contributed by atoms with E-state index in [0.29, 0.717) is 55.7 Å². The number of aliphatic imine (C=N–C) groups is 1. The average molecular weight is 546 g/mol. The molecule has 3 aromatic rings. The predicted molar refractivity (Wildman–Crippen MR) is 153 cm³/mol. The molecular weight excluding hydrogens is 513 g/mol. The lowest BCUT2D eigenvalue weighted by Crippen LogP contribution is -2.55. The monoisotopic (exact) mass is 545 g/mol. The van der Waals surface area contributed by atoms with E-state index in [1.807, 2.05) is 55.1 Å². The molecule has 2 aliphatic rings. The van der Waals surface area contributed by atoms with Gasteiger partial charge in [-0.15, -0.1) is 4.91 Å². The Hall–Kier alpha value is -4.47. The number of guanidine groups is 1. The van der Waals surface area contributed by atoms with Crippen molar-refractivity contribution in [3.8, 4) is 11.5 Å². The van der Waals surface area contributed by atoms with Gasteiger partial charge in [0.15, 0.2) is 0 Å². The first-order valence-electron chi connectivity index (χ1n) is 13.3. The summed E-state index contributed by atoms with van der Waals surface area (Å²) in [5.74, 6) is 0.569. The molecule has 0 bridgehead atoms. The van der Waals surface area contributed by atoms with Crippen LogP contribution in [0.5, 0.6) is 11.5 Å². The van der Waals surface area contributed by atoms with Crippen LogP contribution in [0.15, 0.2) is 70.8 Å². The van der Waals surface area contributed by atoms with Gasteiger partial charge in [-0.3, -0.25) is 4.79 Å². The molecule has 0 aliphatic carbocycles. The fourth-order valence-corrected chi connectivity index (χ4v) is 5.34. The minimum atomic E-state index is -0.822. The van der Waals surface area contributed by atoms with E-state index in [1.165, 1.54) is 6.07 Å². The van der Waals surface area contributed by atoms with Gasteiger partial charge in [0.2, 0.25) is 5.96 Å². The standard InChI is InChI=1S/C30H32FN5O4/c1-4-40-22-8-5-7-21(18-22)34-13-15-35(16-14-34)30-32-29-23(9-6-10-24(29)31)25(19-28(37)33-38)36(30)26-17-20(2)11-12-27(26)39-3/h5-12,17-18,25H,4,13-16,19H2,1-3H3. The van der Waals surface area contributed by atoms with Crippen molar-refractivity contribution in [1.29, 1.82) is 0 Å². The number of piperazine rings is 1. The van der Waals surface area contributed by atoms with Crippen LogP contribution >= 0.6 is 0 Å². The molecule has 1 saturated heterocycles. The van der Waals surface area contributed by atoms with Gasteiger partial charge in [0.1, 0.15) is 23.0 Å². The first-order chi connectivity index (χ1) is 19.4. The van der Waals surface area contributed by atoms with Gasteiger partial charge in [0.25, 0.3) is 5.91 Å². The smallest absolute Gasteiger partial charge is 0.288 e. The van der Waals surface area contributed by atoms with Crippen LogP contribution in [-0.4, -0.2) is 56.7 Å². The van der Waals surface area contributed by atoms with Gasteiger partial charge < -0.3 is 24.2 Å². The number of methoxy groups -OCH3 is 1. The number of aryl methyl sites for hydroxylation is 1. The van der Waals surface area contributed by atoms with Crippen LogP contribution in [0.4, 0.5) is 21.5 Å². The maximum atomic E-state index is 15.2. The molecule has 0 spiro atoms. The summed E-state index contributed by atoms with van der Waals surface area (Å²) in [5.41, 5.74) is 3.38. The molecule has 1 unspecified atom stereocenters. The number of benzene rings is 3. The van der Waals surface area contributed by atoms with E-state index in [9.17, 15) is 9.70 Å². The van der Waals surface area contributed by atoms with E-state index in [-0.39, 0.29) is 12.1 Å². The number of hydrogen-bond acceptors (Lipinski definition) is 8. The van der Waals surface area contributed by atoms with Gasteiger partial charge >= 0.3 is 0 Å². The normalized spacial score (nSPS) is 16.8. The van der Waals surface area contributed by atoms with Crippen molar-refractivity contribution < 1.29 is 18.7 Å². The maximum Gasteiger partial charge on any atom is 0.288 e. The molecule has 0 aromatic heterocycles. The Kier molecular flexibility index (Phi) is 7.95. The number of nitrogens with zero attached hydrogens (tertiary/aromatic N) is 5. The maximum absolute atomic E-state index is 15.2. The number of fused-ring (bicyclic) bond motifs is 1. The second-order valence-electron chi connectivity index (χ2n) is 9.74. The van der Waals surface area contributed by atoms with Crippen LogP contribution in [0.3, 0.4) is 0 Å². The van der Waals surface area contributed by atoms with Crippen molar-refractivity contribution in [1.82, 2.24) is 4.90 Å². The lowest BCUT2D eigenvalue weighted by molar-refractivity contribution is -0.118. The molecule has 10 heteroatoms. The fraction of sp³-hybridized carbons (Fsp3) is 0.333. The number of carbonyl (C=O) groups is 1. The van der Waals surface area contributed by atoms with Crippen LogP contribution in [0.1, 0.15) is 30.5 Å². The largest absolute Gasteiger partial charge is 0.495 e. The third-order valence-electron chi connectivity index (χ3n) is 7.24. The number of anilines is 2. The average Bonchev–Trinajstić information content (AvgIpc) is 2.97. The summed E-state index contributed by atoms with van der Waals surface area (Å²) in [5, 5.41) is 2.66. The predicted octanol–water partition coefficient (Wildman–Crippen LogP) is 5.60. The zero-order valence-electron chi connectivity index (χ0n) is 22.8. The number of para-hydroxylation sites is 1. The number of amides is 1. The van der Waals surface area contributed by atoms with Crippen molar-refractivity contribution in [3.63, 3.8) is 0 Å². The van der Waals surface area contributed by atoms with Crippen molar-refractivity contribution in [2.75, 3.05) is 49.7 Å². The van der Waals surface area contributed by atoms with Crippen molar-refractivity contribution in [2.24, 2.45) is 10.2 Å². The Bertz CT molecular complexity index is 1440. The highest BCUT2D eigenvalue weighted by atomic mass is 19.1. The number of rotatable bonds is 7. The fourth-order valence-electron chi connectivity index (χ4n) is 5.34. The Labute approximate surface area is 232 Å². The SMILES string of the molecule is CCOc1cccc(N2CCN(C3=Nc4c(F)cccc4C(CC(=O)N=O)N3c3cc(C)ccc3OC)CC2)c1. The molecule has 2 heterocycles. The highest BCUT2D eigenvalue weighted by Gasteiger charge is 2.38. The topological polar surface area (TPSA) is 87.0 Å². The Morgan fingerprint density at radius 1 is 1.05 bits per heavy atom. The van der Waals surface area contributed by atoms with Crippen LogP contribution in [0.2, 0.25) is 0 Å². The Morgan fingerprint density at radius 3 is 2.52 bits per heavy atom. The molecule has 1 amide bonds. The van der Waals surface area contributed by atoms with Crippen LogP contribution < -0.4 is 19.3 Å². The first-order valence-corrected chi connectivity index (χ1v) is 13.3. The molecule has 2 aliphatic heterocycles. The summed E-state index contributed by atoms with van der Waals surface area (Å²) < 4.78 is 26.6. The van der Waals surface area contributed by atoms with Crippen molar-refractivity contribution in [2.45, 2.75) is 26.3 Å². The molecular formula is C30H32FN5O4. The van der Waals surface area contributed by atoms with Gasteiger partial charge in [-0.05, 0) is 49.7 Å². The van der Waals surface area contributed by atoms with Crippen molar-refractivity contribution in [3.05, 3.63) is 82.5 Å². The van der Waals surface area contributed by atoms with E-state index in [0.717, 1.165) is 17.0 Å². The zero-order valence-corrected chi connectivity index (χ0v) is 22.8. The first kappa shape index (κ1) is 27.1. The van der Waals surface area contributed by atoms with Crippen LogP contribution in [0.25, 0.3) is 0 Å². The number of ether oxygens (including phenoxy) is 2. The molecule has 5 rings (SSSR count). The quantitative estimate of drug-likeness (QED) is 0.358. The van der Waals surface area contributed by atoms with Crippen LogP contribution in [-0.2, 0) is 4.79 Å². The molecule has 208 valence electrons. The molecule has 40 heavy (non-hydrogen) atoms. The highest BCUT2D eigenvalue weighted by molar-refractivity contribution is 6.02. The van der Waals surface area contributed by atoms with Crippen molar-refractivity contribution >= 4 is 28.9 Å². The van der Waals surface area contributed by atoms with E-state index in [2.05, 4.69) is 21.0 Å². The second kappa shape index (κ2) is 11.7. The third kappa shape index (κ3) is 5.34. The lowest BCUT2D eigenvalue weighted by Gasteiger charge is -2.45. The Morgan fingerprint density at radius 2 is 1.80 bits per heavy atom. The second-order valence-corrected chi connectivity index (χ2v) is 9.74. The molecule has 1 fully saturated rings. The molecule has 3 aromatic carbocycles. The lowest BCUT2D eigenvalue weighted by atomic mass is 9.96. The summed E-state index contributed by atoms with van der Waals surface area (Å²) in [6.07, 6.45) is -0.236. The molecule has 0 radical (unpaired) electrons. The highest BCUT2D eigenvalue weighted by Crippen LogP contribution is 2.45.